The van der Waals surface area contributed by atoms with Crippen molar-refractivity contribution in [2.24, 2.45) is 0 Å². The van der Waals surface area contributed by atoms with Crippen molar-refractivity contribution in [2.75, 3.05) is 50.1 Å². The number of nitrogens with two attached hydrogens (primary N) is 1. The minimum absolute atomic E-state index is 0.213. The first-order chi connectivity index (χ1) is 42.7. The Bertz CT molecular complexity index is 4400. The Morgan fingerprint density at radius 1 is 0.494 bits per heavy atom. The number of hydrogen-bond donors (Lipinski definition) is 6. The summed E-state index contributed by atoms with van der Waals surface area (Å²) in [6.45, 7) is 12.1. The lowest BCUT2D eigenvalue weighted by molar-refractivity contribution is 0.215. The predicted molar refractivity (Wildman–Crippen MR) is 337 cm³/mol. The second kappa shape index (κ2) is 27.1. The number of nitrogens with one attached hydrogen (secondary N) is 5. The third kappa shape index (κ3) is 15.6. The number of aromatic nitrogens is 10. The molecule has 6 aromatic heterocycles. The molecule has 0 saturated carbocycles. The van der Waals surface area contributed by atoms with Crippen LogP contribution >= 0.6 is 0 Å². The molecular weight excluding hydrogens is 1140 g/mol. The normalized spacial score (nSPS) is 11.0. The Morgan fingerprint density at radius 3 is 1.42 bits per heavy atom. The van der Waals surface area contributed by atoms with Crippen molar-refractivity contribution in [1.29, 1.82) is 0 Å². The highest BCUT2D eigenvalue weighted by atomic mass is 16.6. The van der Waals surface area contributed by atoms with Gasteiger partial charge in [-0.25, -0.2) is 38.9 Å². The van der Waals surface area contributed by atoms with Gasteiger partial charge >= 0.3 is 12.1 Å². The van der Waals surface area contributed by atoms with E-state index in [1.807, 2.05) is 59.7 Å². The van der Waals surface area contributed by atoms with E-state index < -0.39 is 12.1 Å². The Labute approximate surface area is 509 Å². The Balaban J connectivity index is 0.000000169. The quantitative estimate of drug-likeness (QED) is 0.0551. The van der Waals surface area contributed by atoms with Crippen LogP contribution in [0.1, 0.15) is 52.9 Å². The number of rotatable bonds is 14. The molecule has 5 aromatic carbocycles. The standard InChI is InChI=1S/C29H29N7O5.C19H20N4O3.C16H15N3O3/c1-29(2,3)24-14-25(36(35-24)18-9-10-26(37)30-15-18)34-28(38)33-17-7-6-8-19(11-17)41-27-20-12-22(39-4)23(40-5)13-21(20)31-16-32-27;1-19(2,3)15-11-16(21-18(25)26-14-7-5-4-6-8-14)23(22-15)13-9-10-17(24)20-12-13;1-20-14-7-12-13(8-15(14)21-2)18-9-19-16(12)22-11-5-3-4-10(17)6-11/h6-16H,1-5H3,(H,30,37)(H2,33,34,38);4-12H,1-3H3,(H,20,24)(H,21,25);3-9H,17H2,1-2H3. The molecule has 0 bridgehead atoms. The number of amides is 3. The monoisotopic (exact) mass is 1200 g/mol. The van der Waals surface area contributed by atoms with Gasteiger partial charge in [0.15, 0.2) is 23.0 Å². The maximum Gasteiger partial charge on any atom is 0.418 e. The summed E-state index contributed by atoms with van der Waals surface area (Å²) in [5, 5.41) is 19.0. The Hall–Kier alpha value is -11.8. The van der Waals surface area contributed by atoms with Crippen LogP contribution in [0.15, 0.2) is 174 Å². The molecule has 11 aromatic rings. The second-order valence-corrected chi connectivity index (χ2v) is 21.5. The van der Waals surface area contributed by atoms with E-state index in [-0.39, 0.29) is 21.9 Å². The third-order valence-electron chi connectivity index (χ3n) is 13.0. The van der Waals surface area contributed by atoms with Crippen molar-refractivity contribution < 1.29 is 42.7 Å². The van der Waals surface area contributed by atoms with Crippen LogP contribution in [0.2, 0.25) is 0 Å². The minimum Gasteiger partial charge on any atom is -0.493 e. The van der Waals surface area contributed by atoms with Gasteiger partial charge in [0.1, 0.15) is 41.5 Å². The highest BCUT2D eigenvalue weighted by Gasteiger charge is 2.24. The van der Waals surface area contributed by atoms with Crippen LogP contribution in [0.3, 0.4) is 0 Å². The van der Waals surface area contributed by atoms with Crippen LogP contribution in [-0.2, 0) is 10.8 Å². The van der Waals surface area contributed by atoms with Crippen LogP contribution in [0.4, 0.5) is 32.6 Å². The summed E-state index contributed by atoms with van der Waals surface area (Å²) in [6, 6.07) is 39.1. The molecule has 0 saturated heterocycles. The summed E-state index contributed by atoms with van der Waals surface area (Å²) < 4.78 is 41.6. The first-order valence-electron chi connectivity index (χ1n) is 27.4. The molecule has 0 unspecified atom stereocenters. The predicted octanol–water partition coefficient (Wildman–Crippen LogP) is 11.7. The van der Waals surface area contributed by atoms with Gasteiger partial charge in [-0.05, 0) is 60.7 Å². The summed E-state index contributed by atoms with van der Waals surface area (Å²) in [6.07, 6.45) is 5.29. The molecule has 0 aliphatic rings. The van der Waals surface area contributed by atoms with E-state index in [1.165, 1.54) is 37.2 Å². The first kappa shape index (κ1) is 61.8. The van der Waals surface area contributed by atoms with E-state index in [9.17, 15) is 19.2 Å². The lowest BCUT2D eigenvalue weighted by Gasteiger charge is -2.14. The Kier molecular flexibility index (Phi) is 18.8. The molecule has 25 heteroatoms. The van der Waals surface area contributed by atoms with Gasteiger partial charge in [-0.3, -0.25) is 20.2 Å². The topological polar surface area (TPSA) is 314 Å². The largest absolute Gasteiger partial charge is 0.493 e. The number of anilines is 4. The molecule has 0 atom stereocenters. The fourth-order valence-corrected chi connectivity index (χ4v) is 8.46. The number of carbonyl (C=O) groups is 2. The number of ether oxygens (including phenoxy) is 7. The summed E-state index contributed by atoms with van der Waals surface area (Å²) in [5.41, 5.74) is 10.0. The molecule has 0 radical (unpaired) electrons. The molecule has 6 heterocycles. The molecule has 7 N–H and O–H groups in total. The minimum atomic E-state index is -0.623. The van der Waals surface area contributed by atoms with Gasteiger partial charge in [-0.15, -0.1) is 0 Å². The molecule has 0 aliphatic heterocycles. The first-order valence-corrected chi connectivity index (χ1v) is 27.4. The van der Waals surface area contributed by atoms with E-state index in [2.05, 4.69) is 56.1 Å². The van der Waals surface area contributed by atoms with E-state index in [0.29, 0.717) is 103 Å². The number of hydrogen-bond acceptors (Lipinski definition) is 18. The fraction of sp³-hybridized carbons (Fsp3) is 0.188. The molecule has 0 fully saturated rings. The molecule has 0 spiro atoms. The van der Waals surface area contributed by atoms with Crippen LogP contribution in [0.5, 0.6) is 52.0 Å². The lowest BCUT2D eigenvalue weighted by Crippen LogP contribution is -2.21. The number of pyridine rings is 2. The average molecular weight is 1210 g/mol. The number of benzene rings is 5. The zero-order valence-electron chi connectivity index (χ0n) is 50.2. The number of carbonyl (C=O) groups excluding carboxylic acids is 2. The SMILES string of the molecule is CC(C)(C)c1cc(NC(=O)Oc2ccccc2)n(-c2ccc(=O)[nH]c2)n1.COc1cc2ncnc(Oc3cccc(N)c3)c2cc1OC.COc1cc2ncnc(Oc3cccc(NC(=O)Nc4cc(C(C)(C)C)nn4-c4ccc(=O)[nH]c4)c3)c2cc1OC. The van der Waals surface area contributed by atoms with Crippen LogP contribution in [0, 0.1) is 0 Å². The van der Waals surface area contributed by atoms with Gasteiger partial charge in [-0.1, -0.05) is 71.9 Å². The molecule has 25 nitrogen and oxygen atoms in total. The van der Waals surface area contributed by atoms with E-state index in [1.54, 1.807) is 147 Å². The van der Waals surface area contributed by atoms with Crippen molar-refractivity contribution in [3.8, 4) is 63.4 Å². The van der Waals surface area contributed by atoms with Crippen LogP contribution in [-0.4, -0.2) is 90.0 Å². The van der Waals surface area contributed by atoms with Gasteiger partial charge in [-0.2, -0.15) is 10.2 Å². The number of nitrogens with zero attached hydrogens (tertiary/aromatic N) is 8. The molecule has 89 heavy (non-hydrogen) atoms. The zero-order valence-corrected chi connectivity index (χ0v) is 50.2. The van der Waals surface area contributed by atoms with Gasteiger partial charge in [0, 0.05) is 83.1 Å². The highest BCUT2D eigenvalue weighted by molar-refractivity contribution is 5.99. The molecule has 11 rings (SSSR count). The van der Waals surface area contributed by atoms with Gasteiger partial charge in [0.25, 0.3) is 0 Å². The third-order valence-corrected chi connectivity index (χ3v) is 13.0. The molecular formula is C64H64N14O11. The van der Waals surface area contributed by atoms with Gasteiger partial charge in [0.2, 0.25) is 22.9 Å². The van der Waals surface area contributed by atoms with Crippen molar-refractivity contribution in [1.82, 2.24) is 49.5 Å². The summed E-state index contributed by atoms with van der Waals surface area (Å²) in [7, 11) is 6.25. The van der Waals surface area contributed by atoms with Crippen LogP contribution < -0.4 is 66.0 Å². The number of nitrogen functional groups attached to an aromatic ring is 1. The summed E-state index contributed by atoms with van der Waals surface area (Å²) >= 11 is 0. The van der Waals surface area contributed by atoms with E-state index in [4.69, 9.17) is 38.9 Å². The number of aromatic amines is 2. The summed E-state index contributed by atoms with van der Waals surface area (Å²) in [5.74, 6) is 5.36. The van der Waals surface area contributed by atoms with Crippen LogP contribution in [0.25, 0.3) is 33.2 Å². The van der Waals surface area contributed by atoms with Crippen molar-refractivity contribution in [3.63, 3.8) is 0 Å². The number of para-hydroxylation sites is 1. The number of methoxy groups -OCH3 is 4. The second-order valence-electron chi connectivity index (χ2n) is 21.5. The number of urea groups is 1. The fourth-order valence-electron chi connectivity index (χ4n) is 8.46. The van der Waals surface area contributed by atoms with Gasteiger partial charge in [0.05, 0.1) is 73.0 Å². The van der Waals surface area contributed by atoms with E-state index in [0.717, 1.165) is 16.8 Å². The maximum absolute atomic E-state index is 13.0. The molecule has 0 aliphatic carbocycles. The van der Waals surface area contributed by atoms with Crippen molar-refractivity contribution in [3.05, 3.63) is 197 Å². The molecule has 3 amide bonds. The lowest BCUT2D eigenvalue weighted by atomic mass is 9.92. The van der Waals surface area contributed by atoms with Crippen molar-refractivity contribution >= 4 is 56.9 Å². The van der Waals surface area contributed by atoms with Crippen molar-refractivity contribution in [2.45, 2.75) is 52.4 Å². The smallest absolute Gasteiger partial charge is 0.418 e. The van der Waals surface area contributed by atoms with Gasteiger partial charge < -0.3 is 54.2 Å². The Morgan fingerprint density at radius 2 is 0.955 bits per heavy atom. The average Bonchev–Trinajstić information content (AvgIpc) is 1.84. The number of H-pyrrole nitrogens is 2. The maximum atomic E-state index is 13.0. The van der Waals surface area contributed by atoms with E-state index >= 15 is 0 Å². The summed E-state index contributed by atoms with van der Waals surface area (Å²) in [4.78, 5) is 70.4. The highest BCUT2D eigenvalue weighted by Crippen LogP contribution is 2.38. The number of fused-ring (bicyclic) bond motifs is 2. The zero-order chi connectivity index (χ0) is 63.4. The molecule has 456 valence electrons.